The van der Waals surface area contributed by atoms with Crippen LogP contribution >= 0.6 is 22.9 Å². The van der Waals surface area contributed by atoms with Crippen LogP contribution in [0.15, 0.2) is 72.3 Å². The molecule has 0 aliphatic carbocycles. The molecule has 0 spiro atoms. The molecule has 0 saturated carbocycles. The van der Waals surface area contributed by atoms with Gasteiger partial charge < -0.3 is 5.11 Å². The van der Waals surface area contributed by atoms with Gasteiger partial charge >= 0.3 is 5.91 Å². The highest BCUT2D eigenvalue weighted by Crippen LogP contribution is 2.44. The minimum atomic E-state index is -0.897. The van der Waals surface area contributed by atoms with Gasteiger partial charge in [0, 0.05) is 10.6 Å². The molecule has 1 fully saturated rings. The molecule has 1 aliphatic heterocycles. The van der Waals surface area contributed by atoms with Crippen molar-refractivity contribution in [3.63, 3.8) is 0 Å². The third-order valence-electron chi connectivity index (χ3n) is 5.50. The van der Waals surface area contributed by atoms with E-state index in [1.165, 1.54) is 23.1 Å². The summed E-state index contributed by atoms with van der Waals surface area (Å²) in [6.45, 7) is 1.93. The number of Topliss-reactive ketones (excluding diaryl/α,β-unsaturated/α-hetero) is 1. The van der Waals surface area contributed by atoms with Gasteiger partial charge in [-0.3, -0.25) is 14.5 Å². The number of thiazole rings is 1. The first kappa shape index (κ1) is 21.3. The molecule has 8 heteroatoms. The number of halogens is 2. The molecule has 164 valence electrons. The van der Waals surface area contributed by atoms with E-state index in [9.17, 15) is 19.1 Å². The van der Waals surface area contributed by atoms with Crippen LogP contribution in [-0.2, 0) is 9.59 Å². The van der Waals surface area contributed by atoms with Crippen LogP contribution in [-0.4, -0.2) is 21.8 Å². The third kappa shape index (κ3) is 3.69. The summed E-state index contributed by atoms with van der Waals surface area (Å²) in [4.78, 5) is 32.1. The number of anilines is 1. The standard InChI is InChI=1S/C25H16ClFN2O3S/c1-13-2-4-14(5-3-13)21-20(22(30)15-6-8-16(26)9-7-15)23(31)24(32)29(21)25-28-18-11-10-17(27)12-19(18)33-25/h2-12,21,30H,1H3/t21-/m0/s1. The van der Waals surface area contributed by atoms with Crippen molar-refractivity contribution in [2.24, 2.45) is 0 Å². The molecule has 33 heavy (non-hydrogen) atoms. The first-order valence-electron chi connectivity index (χ1n) is 10.0. The molecule has 5 rings (SSSR count). The number of aliphatic hydroxyl groups is 1. The third-order valence-corrected chi connectivity index (χ3v) is 6.77. The second-order valence-electron chi connectivity index (χ2n) is 7.70. The monoisotopic (exact) mass is 478 g/mol. The van der Waals surface area contributed by atoms with Crippen LogP contribution in [0, 0.1) is 12.7 Å². The van der Waals surface area contributed by atoms with E-state index in [1.807, 2.05) is 19.1 Å². The van der Waals surface area contributed by atoms with E-state index in [0.717, 1.165) is 16.9 Å². The van der Waals surface area contributed by atoms with Crippen molar-refractivity contribution < 1.29 is 19.1 Å². The lowest BCUT2D eigenvalue weighted by molar-refractivity contribution is -0.132. The van der Waals surface area contributed by atoms with Crippen molar-refractivity contribution in [3.05, 3.63) is 99.8 Å². The molecule has 1 atom stereocenters. The molecular formula is C25H16ClFN2O3S. The summed E-state index contributed by atoms with van der Waals surface area (Å²) in [5, 5.41) is 11.8. The van der Waals surface area contributed by atoms with Gasteiger partial charge in [-0.2, -0.15) is 0 Å². The largest absolute Gasteiger partial charge is 0.507 e. The number of fused-ring (bicyclic) bond motifs is 1. The molecule has 0 unspecified atom stereocenters. The van der Waals surface area contributed by atoms with Gasteiger partial charge in [0.2, 0.25) is 0 Å². The van der Waals surface area contributed by atoms with Crippen LogP contribution in [0.4, 0.5) is 9.52 Å². The summed E-state index contributed by atoms with van der Waals surface area (Å²) >= 11 is 7.07. The maximum atomic E-state index is 13.7. The molecule has 4 aromatic rings. The number of rotatable bonds is 3. The van der Waals surface area contributed by atoms with Gasteiger partial charge in [-0.1, -0.05) is 52.8 Å². The van der Waals surface area contributed by atoms with Crippen molar-refractivity contribution in [3.8, 4) is 0 Å². The lowest BCUT2D eigenvalue weighted by Gasteiger charge is -2.23. The molecule has 2 heterocycles. The summed E-state index contributed by atoms with van der Waals surface area (Å²) in [7, 11) is 0. The predicted octanol–water partition coefficient (Wildman–Crippen LogP) is 6.02. The van der Waals surface area contributed by atoms with E-state index in [0.29, 0.717) is 26.4 Å². The lowest BCUT2D eigenvalue weighted by atomic mass is 9.95. The predicted molar refractivity (Wildman–Crippen MR) is 127 cm³/mol. The quantitative estimate of drug-likeness (QED) is 0.222. The van der Waals surface area contributed by atoms with Gasteiger partial charge in [0.05, 0.1) is 21.8 Å². The summed E-state index contributed by atoms with van der Waals surface area (Å²) < 4.78 is 14.3. The number of carbonyl (C=O) groups excluding carboxylic acids is 2. The topological polar surface area (TPSA) is 70.5 Å². The Bertz CT molecular complexity index is 1450. The van der Waals surface area contributed by atoms with Gasteiger partial charge in [0.1, 0.15) is 11.6 Å². The Hall–Kier alpha value is -3.55. The normalized spacial score (nSPS) is 17.8. The van der Waals surface area contributed by atoms with Crippen LogP contribution in [0.5, 0.6) is 0 Å². The van der Waals surface area contributed by atoms with Crippen molar-refractivity contribution in [2.45, 2.75) is 13.0 Å². The van der Waals surface area contributed by atoms with Gasteiger partial charge in [-0.15, -0.1) is 0 Å². The zero-order valence-corrected chi connectivity index (χ0v) is 18.8. The average molecular weight is 479 g/mol. The summed E-state index contributed by atoms with van der Waals surface area (Å²) in [6, 6.07) is 16.9. The van der Waals surface area contributed by atoms with Crippen LogP contribution in [0.1, 0.15) is 22.7 Å². The Balaban J connectivity index is 1.73. The molecule has 1 amide bonds. The van der Waals surface area contributed by atoms with E-state index in [2.05, 4.69) is 4.98 Å². The fourth-order valence-corrected chi connectivity index (χ4v) is 4.99. The number of aliphatic hydroxyl groups excluding tert-OH is 1. The highest BCUT2D eigenvalue weighted by molar-refractivity contribution is 7.22. The first-order chi connectivity index (χ1) is 15.8. The smallest absolute Gasteiger partial charge is 0.301 e. The van der Waals surface area contributed by atoms with Crippen LogP contribution < -0.4 is 4.90 Å². The number of ketones is 1. The molecule has 0 radical (unpaired) electrons. The molecule has 0 bridgehead atoms. The van der Waals surface area contributed by atoms with Gasteiger partial charge in [0.15, 0.2) is 5.13 Å². The van der Waals surface area contributed by atoms with Crippen LogP contribution in [0.25, 0.3) is 16.0 Å². The molecule has 5 nitrogen and oxygen atoms in total. The van der Waals surface area contributed by atoms with Gasteiger partial charge in [-0.05, 0) is 55.0 Å². The number of hydrogen-bond donors (Lipinski definition) is 1. The Morgan fingerprint density at radius 2 is 1.76 bits per heavy atom. The number of aryl methyl sites for hydroxylation is 1. The van der Waals surface area contributed by atoms with E-state index in [1.54, 1.807) is 36.4 Å². The Morgan fingerprint density at radius 1 is 1.06 bits per heavy atom. The number of amides is 1. The van der Waals surface area contributed by atoms with E-state index in [4.69, 9.17) is 11.6 Å². The Kier molecular flexibility index (Phi) is 5.23. The van der Waals surface area contributed by atoms with Gasteiger partial charge in [0.25, 0.3) is 5.78 Å². The van der Waals surface area contributed by atoms with Crippen LogP contribution in [0.3, 0.4) is 0 Å². The fourth-order valence-electron chi connectivity index (χ4n) is 3.85. The van der Waals surface area contributed by atoms with Crippen molar-refractivity contribution in [2.75, 3.05) is 4.90 Å². The number of hydrogen-bond acceptors (Lipinski definition) is 5. The van der Waals surface area contributed by atoms with E-state index in [-0.39, 0.29) is 16.5 Å². The van der Waals surface area contributed by atoms with Crippen LogP contribution in [0.2, 0.25) is 5.02 Å². The maximum absolute atomic E-state index is 13.7. The number of nitrogens with zero attached hydrogens (tertiary/aromatic N) is 2. The lowest BCUT2D eigenvalue weighted by Crippen LogP contribution is -2.29. The minimum absolute atomic E-state index is 0.0448. The molecule has 1 N–H and O–H groups in total. The highest BCUT2D eigenvalue weighted by atomic mass is 35.5. The molecule has 3 aromatic carbocycles. The fraction of sp³-hybridized carbons (Fsp3) is 0.0800. The SMILES string of the molecule is Cc1ccc([C@H]2C(=C(O)c3ccc(Cl)cc3)C(=O)C(=O)N2c2nc3ccc(F)cc3s2)cc1. The number of benzene rings is 3. The zero-order valence-electron chi connectivity index (χ0n) is 17.3. The van der Waals surface area contributed by atoms with E-state index >= 15 is 0 Å². The summed E-state index contributed by atoms with van der Waals surface area (Å²) in [5.41, 5.74) is 2.47. The maximum Gasteiger partial charge on any atom is 0.301 e. The number of carbonyl (C=O) groups is 2. The molecule has 1 saturated heterocycles. The number of aromatic nitrogens is 1. The molecular weight excluding hydrogens is 463 g/mol. The second kappa shape index (κ2) is 8.10. The highest BCUT2D eigenvalue weighted by Gasteiger charge is 2.48. The van der Waals surface area contributed by atoms with Crippen molar-refractivity contribution in [1.29, 1.82) is 0 Å². The molecule has 1 aliphatic rings. The second-order valence-corrected chi connectivity index (χ2v) is 9.14. The average Bonchev–Trinajstić information content (AvgIpc) is 3.32. The first-order valence-corrected chi connectivity index (χ1v) is 11.2. The Morgan fingerprint density at radius 3 is 2.45 bits per heavy atom. The Labute approximate surface area is 197 Å². The summed E-state index contributed by atoms with van der Waals surface area (Å²) in [5.74, 6) is -2.35. The van der Waals surface area contributed by atoms with E-state index < -0.39 is 23.5 Å². The van der Waals surface area contributed by atoms with Crippen molar-refractivity contribution in [1.82, 2.24) is 4.98 Å². The summed E-state index contributed by atoms with van der Waals surface area (Å²) in [6.07, 6.45) is 0. The minimum Gasteiger partial charge on any atom is -0.507 e. The van der Waals surface area contributed by atoms with Gasteiger partial charge in [-0.25, -0.2) is 9.37 Å². The zero-order chi connectivity index (χ0) is 23.3. The molecule has 1 aromatic heterocycles. The van der Waals surface area contributed by atoms with Crippen molar-refractivity contribution >= 4 is 55.7 Å².